The highest BCUT2D eigenvalue weighted by atomic mass is 32.2. The second kappa shape index (κ2) is 9.97. The first-order valence-electron chi connectivity index (χ1n) is 6.14. The zero-order valence-corrected chi connectivity index (χ0v) is 11.8. The van der Waals surface area contributed by atoms with Gasteiger partial charge in [0.1, 0.15) is 0 Å². The van der Waals surface area contributed by atoms with Crippen molar-refractivity contribution in [3.63, 3.8) is 0 Å². The predicted molar refractivity (Wildman–Crippen MR) is 72.9 cm³/mol. The van der Waals surface area contributed by atoms with Gasteiger partial charge in [-0.1, -0.05) is 20.8 Å². The fourth-order valence-corrected chi connectivity index (χ4v) is 1.96. The molecule has 1 atom stereocenters. The van der Waals surface area contributed by atoms with E-state index in [1.54, 1.807) is 0 Å². The Balaban J connectivity index is 3.43. The molecule has 1 unspecified atom stereocenters. The SMILES string of the molecule is CCSCCC(C)NCC(=O)NCC(C)C. The van der Waals surface area contributed by atoms with Gasteiger partial charge in [-0.05, 0) is 30.8 Å². The first-order valence-corrected chi connectivity index (χ1v) is 7.29. The maximum Gasteiger partial charge on any atom is 0.233 e. The number of hydrogen-bond acceptors (Lipinski definition) is 3. The van der Waals surface area contributed by atoms with E-state index in [2.05, 4.69) is 38.3 Å². The van der Waals surface area contributed by atoms with E-state index in [0.717, 1.165) is 18.7 Å². The van der Waals surface area contributed by atoms with Crippen molar-refractivity contribution in [3.8, 4) is 0 Å². The van der Waals surface area contributed by atoms with Gasteiger partial charge in [0, 0.05) is 12.6 Å². The lowest BCUT2D eigenvalue weighted by molar-refractivity contribution is -0.120. The van der Waals surface area contributed by atoms with E-state index in [9.17, 15) is 4.79 Å². The fourth-order valence-electron chi connectivity index (χ4n) is 1.15. The van der Waals surface area contributed by atoms with Gasteiger partial charge in [0.05, 0.1) is 6.54 Å². The van der Waals surface area contributed by atoms with Gasteiger partial charge in [-0.15, -0.1) is 0 Å². The van der Waals surface area contributed by atoms with Crippen LogP contribution in [0.15, 0.2) is 0 Å². The summed E-state index contributed by atoms with van der Waals surface area (Å²) in [7, 11) is 0. The maximum absolute atomic E-state index is 11.4. The number of nitrogens with one attached hydrogen (secondary N) is 2. The van der Waals surface area contributed by atoms with Crippen LogP contribution in [0, 0.1) is 5.92 Å². The van der Waals surface area contributed by atoms with Crippen molar-refractivity contribution >= 4 is 17.7 Å². The zero-order valence-electron chi connectivity index (χ0n) is 11.0. The molecule has 0 aliphatic rings. The minimum Gasteiger partial charge on any atom is -0.355 e. The molecule has 0 aliphatic heterocycles. The van der Waals surface area contributed by atoms with Crippen molar-refractivity contribution in [2.45, 2.75) is 40.2 Å². The third-order valence-corrected chi connectivity index (χ3v) is 3.15. The maximum atomic E-state index is 11.4. The number of hydrogen-bond donors (Lipinski definition) is 2. The first kappa shape index (κ1) is 15.8. The quantitative estimate of drug-likeness (QED) is 0.610. The van der Waals surface area contributed by atoms with Crippen LogP contribution in [0.5, 0.6) is 0 Å². The predicted octanol–water partition coefficient (Wildman–Crippen LogP) is 1.88. The lowest BCUT2D eigenvalue weighted by Gasteiger charge is -2.13. The van der Waals surface area contributed by atoms with Crippen LogP contribution in [0.3, 0.4) is 0 Å². The summed E-state index contributed by atoms with van der Waals surface area (Å²) in [5.41, 5.74) is 0. The molecule has 0 radical (unpaired) electrons. The molecule has 0 aliphatic carbocycles. The number of carbonyl (C=O) groups is 1. The summed E-state index contributed by atoms with van der Waals surface area (Å²) in [5, 5.41) is 6.14. The van der Waals surface area contributed by atoms with Gasteiger partial charge >= 0.3 is 0 Å². The number of rotatable bonds is 9. The largest absolute Gasteiger partial charge is 0.355 e. The van der Waals surface area contributed by atoms with Gasteiger partial charge in [-0.2, -0.15) is 11.8 Å². The molecule has 0 spiro atoms. The number of carbonyl (C=O) groups excluding carboxylic acids is 1. The van der Waals surface area contributed by atoms with Crippen molar-refractivity contribution < 1.29 is 4.79 Å². The molecule has 4 heteroatoms. The molecule has 0 aromatic carbocycles. The Bertz CT molecular complexity index is 186. The van der Waals surface area contributed by atoms with Gasteiger partial charge in [0.2, 0.25) is 5.91 Å². The van der Waals surface area contributed by atoms with Crippen LogP contribution >= 0.6 is 11.8 Å². The second-order valence-corrected chi connectivity index (χ2v) is 5.86. The van der Waals surface area contributed by atoms with Crippen LogP contribution in [0.1, 0.15) is 34.1 Å². The van der Waals surface area contributed by atoms with Crippen molar-refractivity contribution in [3.05, 3.63) is 0 Å². The zero-order chi connectivity index (χ0) is 12.4. The molecule has 1 amide bonds. The van der Waals surface area contributed by atoms with Crippen LogP contribution in [0.2, 0.25) is 0 Å². The van der Waals surface area contributed by atoms with Crippen molar-refractivity contribution in [1.82, 2.24) is 10.6 Å². The van der Waals surface area contributed by atoms with Crippen molar-refractivity contribution in [1.29, 1.82) is 0 Å². The van der Waals surface area contributed by atoms with E-state index in [0.29, 0.717) is 18.5 Å². The third-order valence-electron chi connectivity index (χ3n) is 2.22. The summed E-state index contributed by atoms with van der Waals surface area (Å²) in [4.78, 5) is 11.4. The minimum absolute atomic E-state index is 0.101. The molecular formula is C12H26N2OS. The molecule has 96 valence electrons. The Labute approximate surface area is 104 Å². The van der Waals surface area contributed by atoms with Gasteiger partial charge in [-0.25, -0.2) is 0 Å². The molecule has 0 saturated heterocycles. The average Bonchev–Trinajstić information content (AvgIpc) is 2.24. The molecule has 0 rings (SSSR count). The fraction of sp³-hybridized carbons (Fsp3) is 0.917. The van der Waals surface area contributed by atoms with Crippen molar-refractivity contribution in [2.75, 3.05) is 24.6 Å². The lowest BCUT2D eigenvalue weighted by Crippen LogP contribution is -2.39. The van der Waals surface area contributed by atoms with Crippen LogP contribution in [-0.2, 0) is 4.79 Å². The standard InChI is InChI=1S/C12H26N2OS/c1-5-16-7-6-11(4)13-9-12(15)14-8-10(2)3/h10-11,13H,5-9H2,1-4H3,(H,14,15). The summed E-state index contributed by atoms with van der Waals surface area (Å²) in [5.74, 6) is 2.95. The summed E-state index contributed by atoms with van der Waals surface area (Å²) < 4.78 is 0. The van der Waals surface area contributed by atoms with E-state index in [1.807, 2.05) is 11.8 Å². The lowest BCUT2D eigenvalue weighted by atomic mass is 10.2. The first-order chi connectivity index (χ1) is 7.56. The Morgan fingerprint density at radius 1 is 1.31 bits per heavy atom. The van der Waals surface area contributed by atoms with E-state index >= 15 is 0 Å². The van der Waals surface area contributed by atoms with Gasteiger partial charge in [0.25, 0.3) is 0 Å². The molecule has 0 bridgehead atoms. The van der Waals surface area contributed by atoms with E-state index in [-0.39, 0.29) is 5.91 Å². The Hall–Kier alpha value is -0.220. The highest BCUT2D eigenvalue weighted by Gasteiger charge is 2.05. The molecule has 3 nitrogen and oxygen atoms in total. The Morgan fingerprint density at radius 3 is 2.56 bits per heavy atom. The van der Waals surface area contributed by atoms with Gasteiger partial charge < -0.3 is 10.6 Å². The summed E-state index contributed by atoms with van der Waals surface area (Å²) >= 11 is 1.94. The van der Waals surface area contributed by atoms with Crippen LogP contribution in [-0.4, -0.2) is 36.5 Å². The van der Waals surface area contributed by atoms with E-state index in [1.165, 1.54) is 5.75 Å². The van der Waals surface area contributed by atoms with Crippen LogP contribution in [0.25, 0.3) is 0 Å². The Morgan fingerprint density at radius 2 is 2.00 bits per heavy atom. The molecule has 0 aromatic rings. The Kier molecular flexibility index (Phi) is 9.83. The monoisotopic (exact) mass is 246 g/mol. The van der Waals surface area contributed by atoms with E-state index in [4.69, 9.17) is 0 Å². The topological polar surface area (TPSA) is 41.1 Å². The highest BCUT2D eigenvalue weighted by Crippen LogP contribution is 2.03. The van der Waals surface area contributed by atoms with Gasteiger partial charge in [0.15, 0.2) is 0 Å². The summed E-state index contributed by atoms with van der Waals surface area (Å²) in [6.45, 7) is 9.69. The van der Waals surface area contributed by atoms with Crippen LogP contribution < -0.4 is 10.6 Å². The third kappa shape index (κ3) is 10.3. The van der Waals surface area contributed by atoms with Gasteiger partial charge in [-0.3, -0.25) is 4.79 Å². The smallest absolute Gasteiger partial charge is 0.233 e. The second-order valence-electron chi connectivity index (χ2n) is 4.47. The van der Waals surface area contributed by atoms with Crippen LogP contribution in [0.4, 0.5) is 0 Å². The molecule has 0 heterocycles. The molecular weight excluding hydrogens is 220 g/mol. The van der Waals surface area contributed by atoms with Crippen molar-refractivity contribution in [2.24, 2.45) is 5.92 Å². The molecule has 2 N–H and O–H groups in total. The summed E-state index contributed by atoms with van der Waals surface area (Å²) in [6, 6.07) is 0.420. The van der Waals surface area contributed by atoms with E-state index < -0.39 is 0 Å². The number of amides is 1. The average molecular weight is 246 g/mol. The normalized spacial score (nSPS) is 12.8. The highest BCUT2D eigenvalue weighted by molar-refractivity contribution is 7.99. The molecule has 0 aromatic heterocycles. The summed E-state index contributed by atoms with van der Waals surface area (Å²) in [6.07, 6.45) is 1.12. The molecule has 16 heavy (non-hydrogen) atoms. The molecule has 0 saturated carbocycles. The molecule has 0 fully saturated rings. The number of thioether (sulfide) groups is 1. The minimum atomic E-state index is 0.101.